The van der Waals surface area contributed by atoms with E-state index in [1.807, 2.05) is 4.90 Å². The van der Waals surface area contributed by atoms with Crippen molar-refractivity contribution in [3.63, 3.8) is 0 Å². The van der Waals surface area contributed by atoms with E-state index in [-0.39, 0.29) is 23.6 Å². The van der Waals surface area contributed by atoms with Gasteiger partial charge in [-0.3, -0.25) is 19.3 Å². The second kappa shape index (κ2) is 8.57. The largest absolute Gasteiger partial charge is 0.444 e. The molecule has 0 bridgehead atoms. The molecule has 1 aliphatic rings. The number of anilines is 1. The summed E-state index contributed by atoms with van der Waals surface area (Å²) >= 11 is 3.16. The maximum atomic E-state index is 12.8. The van der Waals surface area contributed by atoms with Gasteiger partial charge in [0.25, 0.3) is 11.8 Å². The first-order valence-corrected chi connectivity index (χ1v) is 9.64. The summed E-state index contributed by atoms with van der Waals surface area (Å²) in [7, 11) is 0. The molecule has 3 rings (SSSR count). The maximum absolute atomic E-state index is 12.8. The first-order valence-electron chi connectivity index (χ1n) is 8.84. The Morgan fingerprint density at radius 3 is 2.46 bits per heavy atom. The van der Waals surface area contributed by atoms with Crippen molar-refractivity contribution in [1.82, 2.24) is 9.80 Å². The summed E-state index contributed by atoms with van der Waals surface area (Å²) in [6.07, 6.45) is 0. The van der Waals surface area contributed by atoms with Gasteiger partial charge in [0.05, 0.1) is 6.04 Å². The van der Waals surface area contributed by atoms with Crippen molar-refractivity contribution in [2.75, 3.05) is 31.5 Å². The Morgan fingerprint density at radius 2 is 1.86 bits per heavy atom. The van der Waals surface area contributed by atoms with Crippen LogP contribution >= 0.6 is 15.9 Å². The molecule has 0 aliphatic carbocycles. The molecule has 0 radical (unpaired) electrons. The third kappa shape index (κ3) is 4.60. The summed E-state index contributed by atoms with van der Waals surface area (Å²) in [5.74, 6) is -0.720. The Labute approximate surface area is 170 Å². The van der Waals surface area contributed by atoms with Gasteiger partial charge >= 0.3 is 0 Å². The van der Waals surface area contributed by atoms with E-state index in [1.54, 1.807) is 48.2 Å². The molecule has 1 aliphatic heterocycles. The molecular weight excluding hydrogens is 428 g/mol. The smallest absolute Gasteiger partial charge is 0.291 e. The highest BCUT2D eigenvalue weighted by atomic mass is 79.9. The van der Waals surface area contributed by atoms with E-state index < -0.39 is 5.91 Å². The molecule has 1 unspecified atom stereocenters. The van der Waals surface area contributed by atoms with Crippen molar-refractivity contribution in [2.45, 2.75) is 13.0 Å². The van der Waals surface area contributed by atoms with Crippen molar-refractivity contribution in [1.29, 1.82) is 0 Å². The molecule has 148 valence electrons. The van der Waals surface area contributed by atoms with Gasteiger partial charge in [-0.05, 0) is 53.2 Å². The molecule has 3 amide bonds. The highest BCUT2D eigenvalue weighted by Gasteiger charge is 2.27. The lowest BCUT2D eigenvalue weighted by Crippen LogP contribution is -2.54. The lowest BCUT2D eigenvalue weighted by atomic mass is 10.1. The van der Waals surface area contributed by atoms with Crippen LogP contribution in [-0.2, 0) is 4.79 Å². The Balaban J connectivity index is 1.63. The minimum absolute atomic E-state index is 0.122. The molecule has 1 aromatic heterocycles. The van der Waals surface area contributed by atoms with Gasteiger partial charge in [0.2, 0.25) is 5.91 Å². The lowest BCUT2D eigenvalue weighted by molar-refractivity contribution is -0.123. The van der Waals surface area contributed by atoms with Crippen LogP contribution in [0.2, 0.25) is 0 Å². The van der Waals surface area contributed by atoms with Crippen LogP contribution in [0.4, 0.5) is 5.69 Å². The summed E-state index contributed by atoms with van der Waals surface area (Å²) in [6.45, 7) is 3.95. The van der Waals surface area contributed by atoms with Crippen molar-refractivity contribution in [3.8, 4) is 0 Å². The molecule has 3 N–H and O–H groups in total. The summed E-state index contributed by atoms with van der Waals surface area (Å²) < 4.78 is 5.69. The number of primary amides is 1. The first kappa shape index (κ1) is 20.1. The number of halogens is 1. The van der Waals surface area contributed by atoms with Crippen molar-refractivity contribution in [2.24, 2.45) is 5.73 Å². The zero-order chi connectivity index (χ0) is 20.3. The summed E-state index contributed by atoms with van der Waals surface area (Å²) in [5, 5.41) is 2.72. The number of hydrogen-bond acceptors (Lipinski definition) is 5. The average Bonchev–Trinajstić information content (AvgIpc) is 3.13. The molecule has 0 saturated carbocycles. The predicted molar refractivity (Wildman–Crippen MR) is 107 cm³/mol. The predicted octanol–water partition coefficient (Wildman–Crippen LogP) is 1.93. The SMILES string of the molecule is CC(C(N)=O)N1CCN(C(=O)c2cccc(NC(=O)c3ccc(Br)o3)c2)CC1. The molecule has 2 heterocycles. The number of nitrogens with two attached hydrogens (primary N) is 1. The maximum Gasteiger partial charge on any atom is 0.291 e. The van der Waals surface area contributed by atoms with Crippen LogP contribution in [0, 0.1) is 0 Å². The van der Waals surface area contributed by atoms with E-state index in [0.717, 1.165) is 0 Å². The number of carbonyl (C=O) groups excluding carboxylic acids is 3. The molecule has 9 heteroatoms. The summed E-state index contributed by atoms with van der Waals surface area (Å²) in [6, 6.07) is 9.61. The number of nitrogens with zero attached hydrogens (tertiary/aromatic N) is 2. The fraction of sp³-hybridized carbons (Fsp3) is 0.316. The number of benzene rings is 1. The Hall–Kier alpha value is -2.65. The zero-order valence-electron chi connectivity index (χ0n) is 15.4. The fourth-order valence-electron chi connectivity index (χ4n) is 3.03. The molecule has 2 aromatic rings. The topological polar surface area (TPSA) is 109 Å². The second-order valence-corrected chi connectivity index (χ2v) is 7.33. The molecule has 1 saturated heterocycles. The van der Waals surface area contributed by atoms with Crippen LogP contribution in [0.5, 0.6) is 0 Å². The number of nitrogens with one attached hydrogen (secondary N) is 1. The number of hydrogen-bond donors (Lipinski definition) is 2. The van der Waals surface area contributed by atoms with E-state index >= 15 is 0 Å². The third-order valence-electron chi connectivity index (χ3n) is 4.73. The van der Waals surface area contributed by atoms with Gasteiger partial charge in [-0.2, -0.15) is 0 Å². The van der Waals surface area contributed by atoms with Crippen molar-refractivity contribution >= 4 is 39.3 Å². The van der Waals surface area contributed by atoms with E-state index in [1.165, 1.54) is 0 Å². The highest BCUT2D eigenvalue weighted by Crippen LogP contribution is 2.18. The van der Waals surface area contributed by atoms with Gasteiger partial charge in [-0.1, -0.05) is 6.07 Å². The van der Waals surface area contributed by atoms with Gasteiger partial charge < -0.3 is 20.4 Å². The molecule has 1 aromatic carbocycles. The molecule has 8 nitrogen and oxygen atoms in total. The van der Waals surface area contributed by atoms with Gasteiger partial charge in [-0.15, -0.1) is 0 Å². The Bertz CT molecular complexity index is 890. The number of furan rings is 1. The quantitative estimate of drug-likeness (QED) is 0.725. The van der Waals surface area contributed by atoms with Crippen LogP contribution in [0.3, 0.4) is 0 Å². The van der Waals surface area contributed by atoms with E-state index in [2.05, 4.69) is 21.2 Å². The minimum atomic E-state index is -0.399. The van der Waals surface area contributed by atoms with Crippen LogP contribution in [0.1, 0.15) is 27.8 Å². The molecule has 0 spiro atoms. The van der Waals surface area contributed by atoms with E-state index in [9.17, 15) is 14.4 Å². The molecular formula is C19H21BrN4O4. The zero-order valence-corrected chi connectivity index (χ0v) is 16.9. The van der Waals surface area contributed by atoms with Gasteiger partial charge in [-0.25, -0.2) is 0 Å². The fourth-order valence-corrected chi connectivity index (χ4v) is 3.34. The van der Waals surface area contributed by atoms with Gasteiger partial charge in [0, 0.05) is 37.4 Å². The summed E-state index contributed by atoms with van der Waals surface area (Å²) in [4.78, 5) is 40.0. The minimum Gasteiger partial charge on any atom is -0.444 e. The van der Waals surface area contributed by atoms with Crippen LogP contribution in [0.15, 0.2) is 45.5 Å². The van der Waals surface area contributed by atoms with Gasteiger partial charge in [0.1, 0.15) is 0 Å². The monoisotopic (exact) mass is 448 g/mol. The van der Waals surface area contributed by atoms with Crippen molar-refractivity contribution < 1.29 is 18.8 Å². The number of amides is 3. The third-order valence-corrected chi connectivity index (χ3v) is 5.15. The standard InChI is InChI=1S/C19H21BrN4O4/c1-12(17(21)25)23-7-9-24(10-8-23)19(27)13-3-2-4-14(11-13)22-18(26)15-5-6-16(20)28-15/h2-6,11-12H,7-10H2,1H3,(H2,21,25)(H,22,26). The Kier molecular flexibility index (Phi) is 6.15. The van der Waals surface area contributed by atoms with Crippen LogP contribution in [-0.4, -0.2) is 59.7 Å². The molecule has 1 atom stereocenters. The Morgan fingerprint density at radius 1 is 1.14 bits per heavy atom. The number of rotatable bonds is 5. The normalized spacial score (nSPS) is 15.9. The highest BCUT2D eigenvalue weighted by molar-refractivity contribution is 9.10. The second-order valence-electron chi connectivity index (χ2n) is 6.55. The van der Waals surface area contributed by atoms with Crippen molar-refractivity contribution in [3.05, 3.63) is 52.4 Å². The lowest BCUT2D eigenvalue weighted by Gasteiger charge is -2.37. The molecule has 28 heavy (non-hydrogen) atoms. The summed E-state index contributed by atoms with van der Waals surface area (Å²) in [5.41, 5.74) is 6.33. The van der Waals surface area contributed by atoms with E-state index in [0.29, 0.717) is 42.1 Å². The van der Waals surface area contributed by atoms with Crippen LogP contribution in [0.25, 0.3) is 0 Å². The first-order chi connectivity index (χ1) is 13.3. The molecule has 1 fully saturated rings. The van der Waals surface area contributed by atoms with E-state index in [4.69, 9.17) is 10.2 Å². The van der Waals surface area contributed by atoms with Gasteiger partial charge in [0.15, 0.2) is 10.4 Å². The van der Waals surface area contributed by atoms with Crippen LogP contribution < -0.4 is 11.1 Å². The number of carbonyl (C=O) groups is 3. The average molecular weight is 449 g/mol. The number of piperazine rings is 1.